The van der Waals surface area contributed by atoms with Gasteiger partial charge in [-0.3, -0.25) is 9.78 Å². The fraction of sp³-hybridized carbons (Fsp3) is 0.296. The highest BCUT2D eigenvalue weighted by Gasteiger charge is 2.38. The van der Waals surface area contributed by atoms with Crippen molar-refractivity contribution in [2.75, 3.05) is 11.1 Å². The van der Waals surface area contributed by atoms with Crippen LogP contribution in [0.2, 0.25) is 0 Å². The fourth-order valence-electron chi connectivity index (χ4n) is 4.27. The number of thioether (sulfide) groups is 1. The molecular formula is C27H28N6O4S. The quantitative estimate of drug-likeness (QED) is 0.325. The SMILES string of the molecule is C[C@H]1[C@@H](CSc2nnnn2C)O[C@@H](c2cccc(NC(=O)c3cccnc3)c2)O[C@H]1c1ccc(CO)cc1. The number of tetrazole rings is 1. The number of anilines is 1. The summed E-state index contributed by atoms with van der Waals surface area (Å²) in [6, 6.07) is 18.7. The number of aliphatic hydroxyl groups excluding tert-OH is 1. The Kier molecular flexibility index (Phi) is 8.08. The van der Waals surface area contributed by atoms with E-state index in [2.05, 4.69) is 32.7 Å². The number of pyridine rings is 1. The second-order valence-electron chi connectivity index (χ2n) is 9.04. The van der Waals surface area contributed by atoms with E-state index in [9.17, 15) is 9.90 Å². The average Bonchev–Trinajstić information content (AvgIpc) is 3.37. The van der Waals surface area contributed by atoms with Crippen molar-refractivity contribution in [3.63, 3.8) is 0 Å². The van der Waals surface area contributed by atoms with Crippen molar-refractivity contribution in [3.05, 3.63) is 95.3 Å². The van der Waals surface area contributed by atoms with Crippen molar-refractivity contribution in [3.8, 4) is 0 Å². The summed E-state index contributed by atoms with van der Waals surface area (Å²) in [5, 5.41) is 24.8. The number of aryl methyl sites for hydroxylation is 1. The first-order valence-electron chi connectivity index (χ1n) is 12.2. The molecule has 0 radical (unpaired) electrons. The highest BCUT2D eigenvalue weighted by molar-refractivity contribution is 7.99. The number of aromatic nitrogens is 5. The summed E-state index contributed by atoms with van der Waals surface area (Å²) in [6.07, 6.45) is 2.06. The molecule has 2 aromatic carbocycles. The summed E-state index contributed by atoms with van der Waals surface area (Å²) in [5.41, 5.74) is 3.72. The first-order chi connectivity index (χ1) is 18.5. The molecule has 1 fully saturated rings. The molecule has 5 rings (SSSR count). The van der Waals surface area contributed by atoms with Crippen LogP contribution in [-0.4, -0.2) is 48.1 Å². The molecule has 0 aliphatic carbocycles. The normalized spacial score (nSPS) is 21.2. The third-order valence-corrected chi connectivity index (χ3v) is 7.52. The molecule has 2 aromatic heterocycles. The molecule has 1 aliphatic rings. The van der Waals surface area contributed by atoms with E-state index in [-0.39, 0.29) is 30.6 Å². The van der Waals surface area contributed by atoms with Gasteiger partial charge in [0.1, 0.15) is 0 Å². The van der Waals surface area contributed by atoms with Crippen LogP contribution in [0.25, 0.3) is 0 Å². The summed E-state index contributed by atoms with van der Waals surface area (Å²) in [6.45, 7) is 2.08. The van der Waals surface area contributed by atoms with Gasteiger partial charge >= 0.3 is 0 Å². The van der Waals surface area contributed by atoms with E-state index in [0.717, 1.165) is 16.7 Å². The lowest BCUT2D eigenvalue weighted by Gasteiger charge is -2.41. The van der Waals surface area contributed by atoms with Crippen molar-refractivity contribution < 1.29 is 19.4 Å². The molecule has 3 heterocycles. The van der Waals surface area contributed by atoms with Gasteiger partial charge in [0.25, 0.3) is 5.91 Å². The molecule has 38 heavy (non-hydrogen) atoms. The molecule has 1 saturated heterocycles. The van der Waals surface area contributed by atoms with Crippen molar-refractivity contribution in [1.29, 1.82) is 0 Å². The van der Waals surface area contributed by atoms with Gasteiger partial charge in [0.2, 0.25) is 5.16 Å². The zero-order chi connectivity index (χ0) is 26.5. The highest BCUT2D eigenvalue weighted by atomic mass is 32.2. The maximum absolute atomic E-state index is 12.7. The maximum Gasteiger partial charge on any atom is 0.257 e. The predicted molar refractivity (Wildman–Crippen MR) is 141 cm³/mol. The molecule has 1 amide bonds. The number of carbonyl (C=O) groups is 1. The number of amides is 1. The number of hydrogen-bond donors (Lipinski definition) is 2. The second kappa shape index (κ2) is 11.8. The molecule has 4 aromatic rings. The smallest absolute Gasteiger partial charge is 0.257 e. The minimum absolute atomic E-state index is 0.0182. The Bertz CT molecular complexity index is 1370. The molecule has 0 saturated carbocycles. The molecule has 10 nitrogen and oxygen atoms in total. The van der Waals surface area contributed by atoms with E-state index in [1.165, 1.54) is 18.0 Å². The van der Waals surface area contributed by atoms with E-state index >= 15 is 0 Å². The highest BCUT2D eigenvalue weighted by Crippen LogP contribution is 2.43. The van der Waals surface area contributed by atoms with Gasteiger partial charge in [-0.15, -0.1) is 5.10 Å². The Balaban J connectivity index is 1.39. The second-order valence-corrected chi connectivity index (χ2v) is 10.0. The van der Waals surface area contributed by atoms with Crippen molar-refractivity contribution in [2.45, 2.75) is 37.2 Å². The predicted octanol–water partition coefficient (Wildman–Crippen LogP) is 3.93. The minimum Gasteiger partial charge on any atom is -0.392 e. The summed E-state index contributed by atoms with van der Waals surface area (Å²) in [7, 11) is 1.80. The average molecular weight is 533 g/mol. The zero-order valence-electron chi connectivity index (χ0n) is 21.0. The topological polar surface area (TPSA) is 124 Å². The molecule has 1 aliphatic heterocycles. The van der Waals surface area contributed by atoms with E-state index in [4.69, 9.17) is 9.47 Å². The fourth-order valence-corrected chi connectivity index (χ4v) is 5.29. The van der Waals surface area contributed by atoms with Crippen LogP contribution in [0, 0.1) is 5.92 Å². The minimum atomic E-state index is -0.660. The zero-order valence-corrected chi connectivity index (χ0v) is 21.8. The number of nitrogens with one attached hydrogen (secondary N) is 1. The number of nitrogens with zero attached hydrogens (tertiary/aromatic N) is 5. The van der Waals surface area contributed by atoms with Crippen LogP contribution < -0.4 is 5.32 Å². The van der Waals surface area contributed by atoms with Crippen LogP contribution in [0.4, 0.5) is 5.69 Å². The number of benzene rings is 2. The van der Waals surface area contributed by atoms with Gasteiger partial charge in [-0.1, -0.05) is 55.1 Å². The van der Waals surface area contributed by atoms with E-state index in [1.807, 2.05) is 48.5 Å². The molecule has 11 heteroatoms. The van der Waals surface area contributed by atoms with Gasteiger partial charge < -0.3 is 19.9 Å². The van der Waals surface area contributed by atoms with Crippen LogP contribution in [0.3, 0.4) is 0 Å². The lowest BCUT2D eigenvalue weighted by molar-refractivity contribution is -0.268. The van der Waals surface area contributed by atoms with Crippen LogP contribution in [-0.2, 0) is 23.1 Å². The molecule has 2 N–H and O–H groups in total. The van der Waals surface area contributed by atoms with E-state index in [1.54, 1.807) is 30.1 Å². The Morgan fingerprint density at radius 2 is 1.95 bits per heavy atom. The molecule has 196 valence electrons. The van der Waals surface area contributed by atoms with Crippen LogP contribution in [0.15, 0.2) is 78.2 Å². The Morgan fingerprint density at radius 1 is 1.11 bits per heavy atom. The monoisotopic (exact) mass is 532 g/mol. The van der Waals surface area contributed by atoms with Crippen LogP contribution >= 0.6 is 11.8 Å². The summed E-state index contributed by atoms with van der Waals surface area (Å²) in [4.78, 5) is 16.7. The van der Waals surface area contributed by atoms with E-state index in [0.29, 0.717) is 22.2 Å². The first-order valence-corrected chi connectivity index (χ1v) is 13.2. The van der Waals surface area contributed by atoms with Crippen LogP contribution in [0.5, 0.6) is 0 Å². The first kappa shape index (κ1) is 26.0. The lowest BCUT2D eigenvalue weighted by atomic mass is 9.91. The molecule has 0 bridgehead atoms. The maximum atomic E-state index is 12.7. The van der Waals surface area contributed by atoms with Gasteiger partial charge in [-0.05, 0) is 45.8 Å². The van der Waals surface area contributed by atoms with Gasteiger partial charge in [-0.2, -0.15) is 0 Å². The Labute approximate surface area is 224 Å². The number of rotatable bonds is 8. The third-order valence-electron chi connectivity index (χ3n) is 6.42. The van der Waals surface area contributed by atoms with Crippen molar-refractivity contribution in [1.82, 2.24) is 25.2 Å². The summed E-state index contributed by atoms with van der Waals surface area (Å²) in [5.74, 6) is 0.397. The Hall–Kier alpha value is -3.64. The third kappa shape index (κ3) is 5.91. The summed E-state index contributed by atoms with van der Waals surface area (Å²) < 4.78 is 14.6. The lowest BCUT2D eigenvalue weighted by Crippen LogP contribution is -2.38. The summed E-state index contributed by atoms with van der Waals surface area (Å²) >= 11 is 1.52. The van der Waals surface area contributed by atoms with Crippen molar-refractivity contribution in [2.24, 2.45) is 13.0 Å². The van der Waals surface area contributed by atoms with Gasteiger partial charge in [0.15, 0.2) is 6.29 Å². The number of aliphatic hydroxyl groups is 1. The van der Waals surface area contributed by atoms with Crippen molar-refractivity contribution >= 4 is 23.4 Å². The van der Waals surface area contributed by atoms with Gasteiger partial charge in [0, 0.05) is 42.4 Å². The standard InChI is InChI=1S/C27H28N6O4S/c1-17-23(16-38-27-30-31-32-33(27)2)36-26(37-24(17)19-10-8-18(15-34)9-11-19)20-5-3-7-22(13-20)29-25(35)21-6-4-12-28-14-21/h3-14,17,23-24,26,34H,15-16H2,1-2H3,(H,29,35)/t17-,23+,24+,26+/m0/s1. The van der Waals surface area contributed by atoms with Gasteiger partial charge in [0.05, 0.1) is 24.4 Å². The number of hydrogen-bond acceptors (Lipinski definition) is 9. The Morgan fingerprint density at radius 3 is 2.66 bits per heavy atom. The number of carbonyl (C=O) groups excluding carboxylic acids is 1. The molecule has 0 spiro atoms. The molecule has 0 unspecified atom stereocenters. The van der Waals surface area contributed by atoms with E-state index < -0.39 is 6.29 Å². The molecular weight excluding hydrogens is 504 g/mol. The number of ether oxygens (including phenoxy) is 2. The van der Waals surface area contributed by atoms with Gasteiger partial charge in [-0.25, -0.2) is 4.68 Å². The van der Waals surface area contributed by atoms with Crippen LogP contribution in [0.1, 0.15) is 46.4 Å². The largest absolute Gasteiger partial charge is 0.392 e. The molecule has 4 atom stereocenters.